The van der Waals surface area contributed by atoms with E-state index in [1.54, 1.807) is 24.9 Å². The van der Waals surface area contributed by atoms with Crippen LogP contribution < -0.4 is 16.0 Å². The molecule has 2 aliphatic heterocycles. The van der Waals surface area contributed by atoms with Gasteiger partial charge in [0, 0.05) is 33.2 Å². The number of hydrogen-bond donors (Lipinski definition) is 3. The fraction of sp³-hybridized carbons (Fsp3) is 0.435. The lowest BCUT2D eigenvalue weighted by atomic mass is 9.98. The second-order valence-electron chi connectivity index (χ2n) is 8.61. The Labute approximate surface area is 205 Å². The molecule has 12 heteroatoms. The summed E-state index contributed by atoms with van der Waals surface area (Å²) >= 11 is 0.972. The van der Waals surface area contributed by atoms with Crippen LogP contribution in [0.3, 0.4) is 0 Å². The number of carbonyl (C=O) groups excluding carboxylic acids is 4. The first-order valence-corrected chi connectivity index (χ1v) is 12.1. The normalized spacial score (nSPS) is 18.3. The molecule has 0 spiro atoms. The van der Waals surface area contributed by atoms with Gasteiger partial charge in [0.25, 0.3) is 17.7 Å². The molecule has 0 aliphatic carbocycles. The van der Waals surface area contributed by atoms with Gasteiger partial charge in [-0.2, -0.15) is 0 Å². The predicted octanol–water partition coefficient (Wildman–Crippen LogP) is 1.14. The number of aryl methyl sites for hydroxylation is 1. The summed E-state index contributed by atoms with van der Waals surface area (Å²) in [5.41, 5.74) is 1.64. The second kappa shape index (κ2) is 10.1. The number of carbonyl (C=O) groups is 4. The minimum Gasteiger partial charge on any atom is -0.353 e. The number of hydrazine groups is 1. The lowest BCUT2D eigenvalue weighted by Gasteiger charge is -2.28. The van der Waals surface area contributed by atoms with Crippen molar-refractivity contribution in [2.45, 2.75) is 32.9 Å². The van der Waals surface area contributed by atoms with E-state index in [0.29, 0.717) is 41.3 Å². The molecule has 0 bridgehead atoms. The fourth-order valence-corrected chi connectivity index (χ4v) is 5.13. The van der Waals surface area contributed by atoms with Gasteiger partial charge in [-0.3, -0.25) is 24.2 Å². The van der Waals surface area contributed by atoms with Gasteiger partial charge < -0.3 is 16.0 Å². The zero-order valence-electron chi connectivity index (χ0n) is 19.7. The van der Waals surface area contributed by atoms with Crippen LogP contribution in [0.2, 0.25) is 0 Å². The highest BCUT2D eigenvalue weighted by molar-refractivity contribution is 7.15. The molecule has 10 nitrogen and oxygen atoms in total. The van der Waals surface area contributed by atoms with Crippen LogP contribution in [0.15, 0.2) is 18.2 Å². The van der Waals surface area contributed by atoms with E-state index in [9.17, 15) is 23.6 Å². The van der Waals surface area contributed by atoms with Crippen molar-refractivity contribution in [1.29, 1.82) is 0 Å². The van der Waals surface area contributed by atoms with E-state index in [1.165, 1.54) is 19.2 Å². The topological polar surface area (TPSA) is 124 Å². The lowest BCUT2D eigenvalue weighted by molar-refractivity contribution is -0.148. The molecular formula is C23H27FN6O4S. The highest BCUT2D eigenvalue weighted by Gasteiger charge is 2.38. The third-order valence-electron chi connectivity index (χ3n) is 6.12. The van der Waals surface area contributed by atoms with Gasteiger partial charge in [-0.15, -0.1) is 11.3 Å². The molecule has 1 aromatic heterocycles. The zero-order chi connectivity index (χ0) is 25.3. The molecule has 4 amide bonds. The van der Waals surface area contributed by atoms with Gasteiger partial charge in [0.1, 0.15) is 16.7 Å². The van der Waals surface area contributed by atoms with Gasteiger partial charge in [-0.1, -0.05) is 13.0 Å². The van der Waals surface area contributed by atoms with E-state index in [0.717, 1.165) is 17.8 Å². The molecule has 0 radical (unpaired) electrons. The van der Waals surface area contributed by atoms with Gasteiger partial charge in [-0.25, -0.2) is 14.4 Å². The minimum atomic E-state index is -0.946. The van der Waals surface area contributed by atoms with Crippen LogP contribution in [0.5, 0.6) is 0 Å². The second-order valence-corrected chi connectivity index (χ2v) is 9.61. The average molecular weight is 503 g/mol. The van der Waals surface area contributed by atoms with E-state index in [-0.39, 0.29) is 23.4 Å². The molecular weight excluding hydrogens is 475 g/mol. The summed E-state index contributed by atoms with van der Waals surface area (Å²) in [6.07, 6.45) is 0.804. The number of rotatable bonds is 6. The molecule has 4 rings (SSSR count). The Morgan fingerprint density at radius 2 is 2.03 bits per heavy atom. The highest BCUT2D eigenvalue weighted by Crippen LogP contribution is 2.30. The Kier molecular flexibility index (Phi) is 7.13. The van der Waals surface area contributed by atoms with Crippen LogP contribution in [0.25, 0.3) is 0 Å². The van der Waals surface area contributed by atoms with Crippen LogP contribution in [0.4, 0.5) is 4.39 Å². The van der Waals surface area contributed by atoms with Crippen LogP contribution in [0, 0.1) is 18.7 Å². The molecule has 3 heterocycles. The smallest absolute Gasteiger partial charge is 0.280 e. The average Bonchev–Trinajstić information content (AvgIpc) is 3.44. The van der Waals surface area contributed by atoms with E-state index in [1.807, 2.05) is 5.01 Å². The molecule has 2 aliphatic rings. The van der Waals surface area contributed by atoms with Gasteiger partial charge in [0.15, 0.2) is 5.01 Å². The first kappa shape index (κ1) is 24.7. The van der Waals surface area contributed by atoms with Crippen molar-refractivity contribution in [3.8, 4) is 0 Å². The van der Waals surface area contributed by atoms with Crippen LogP contribution in [-0.4, -0.2) is 65.3 Å². The lowest BCUT2D eigenvalue weighted by Crippen LogP contribution is -2.47. The molecule has 2 aromatic rings. The molecule has 186 valence electrons. The van der Waals surface area contributed by atoms with Crippen molar-refractivity contribution in [2.24, 2.45) is 5.92 Å². The monoisotopic (exact) mass is 502 g/mol. The van der Waals surface area contributed by atoms with Gasteiger partial charge >= 0.3 is 0 Å². The number of hydrogen-bond acceptors (Lipinski definition) is 7. The predicted molar refractivity (Wildman–Crippen MR) is 126 cm³/mol. The van der Waals surface area contributed by atoms with Gasteiger partial charge in [0.2, 0.25) is 5.91 Å². The highest BCUT2D eigenvalue weighted by atomic mass is 32.1. The van der Waals surface area contributed by atoms with Crippen molar-refractivity contribution >= 4 is 35.0 Å². The van der Waals surface area contributed by atoms with Crippen LogP contribution >= 0.6 is 11.3 Å². The van der Waals surface area contributed by atoms with E-state index in [4.69, 9.17) is 0 Å². The third kappa shape index (κ3) is 5.03. The Morgan fingerprint density at radius 1 is 1.26 bits per heavy atom. The summed E-state index contributed by atoms with van der Waals surface area (Å²) < 4.78 is 13.9. The number of benzene rings is 1. The molecule has 0 saturated carbocycles. The molecule has 1 saturated heterocycles. The summed E-state index contributed by atoms with van der Waals surface area (Å²) in [5.74, 6) is -2.55. The molecule has 3 N–H and O–H groups in total. The quantitative estimate of drug-likeness (QED) is 0.544. The largest absolute Gasteiger partial charge is 0.353 e. The summed E-state index contributed by atoms with van der Waals surface area (Å²) in [6.45, 7) is 4.91. The van der Waals surface area contributed by atoms with E-state index < -0.39 is 29.6 Å². The van der Waals surface area contributed by atoms with E-state index >= 15 is 0 Å². The molecule has 1 fully saturated rings. The maximum absolute atomic E-state index is 13.9. The number of halogens is 1. The molecule has 2 atom stereocenters. The molecule has 0 unspecified atom stereocenters. The molecule has 35 heavy (non-hydrogen) atoms. The number of fused-ring (bicyclic) bond motifs is 2. The zero-order valence-corrected chi connectivity index (χ0v) is 20.5. The maximum Gasteiger partial charge on any atom is 0.280 e. The Balaban J connectivity index is 1.44. The summed E-state index contributed by atoms with van der Waals surface area (Å²) in [7, 11) is 1.48. The van der Waals surface area contributed by atoms with Crippen molar-refractivity contribution in [1.82, 2.24) is 31.0 Å². The number of nitrogens with one attached hydrogen (secondary N) is 3. The SMILES string of the molecule is CNC(=O)c1nc(C)c(C(=O)NC[C@@H](C)C(=O)N[C@@H]2C(=O)N3CCCN3Cc3cc(F)ccc32)s1. The Morgan fingerprint density at radius 3 is 2.77 bits per heavy atom. The van der Waals surface area contributed by atoms with Crippen LogP contribution in [-0.2, 0) is 16.1 Å². The Hall–Kier alpha value is -3.38. The first-order valence-electron chi connectivity index (χ1n) is 11.3. The van der Waals surface area contributed by atoms with Gasteiger partial charge in [-0.05, 0) is 36.6 Å². The van der Waals surface area contributed by atoms with Crippen molar-refractivity contribution in [3.05, 3.63) is 50.7 Å². The van der Waals surface area contributed by atoms with Gasteiger partial charge in [0.05, 0.1) is 11.6 Å². The van der Waals surface area contributed by atoms with Crippen LogP contribution in [0.1, 0.15) is 55.7 Å². The number of amides is 4. The summed E-state index contributed by atoms with van der Waals surface area (Å²) in [5, 5.41) is 11.6. The molecule has 1 aromatic carbocycles. The van der Waals surface area contributed by atoms with E-state index in [2.05, 4.69) is 20.9 Å². The first-order chi connectivity index (χ1) is 16.7. The van der Waals surface area contributed by atoms with Crippen molar-refractivity contribution < 1.29 is 23.6 Å². The third-order valence-corrected chi connectivity index (χ3v) is 7.28. The number of nitrogens with zero attached hydrogens (tertiary/aromatic N) is 3. The number of thiazole rings is 1. The summed E-state index contributed by atoms with van der Waals surface area (Å²) in [4.78, 5) is 55.1. The number of aromatic nitrogens is 1. The Bertz CT molecular complexity index is 1180. The van der Waals surface area contributed by atoms with Crippen molar-refractivity contribution in [3.63, 3.8) is 0 Å². The minimum absolute atomic E-state index is 0.0182. The maximum atomic E-state index is 13.9. The standard InChI is InChI=1S/C23H27FN6O4S/c1-12(10-26-20(32)18-13(2)27-22(35-18)21(33)25-3)19(31)28-17-16-6-5-15(24)9-14(16)11-29-7-4-8-30(29)23(17)34/h5-6,9,12,17H,4,7-8,10-11H2,1-3H3,(H,25,33)(H,26,32)(H,28,31)/t12-,17+/m1/s1. The fourth-order valence-electron chi connectivity index (χ4n) is 4.20. The van der Waals surface area contributed by atoms with Crippen molar-refractivity contribution in [2.75, 3.05) is 26.7 Å². The summed E-state index contributed by atoms with van der Waals surface area (Å²) in [6, 6.07) is 3.28.